The molecule has 0 saturated carbocycles. The maximum atomic E-state index is 13.3. The molecule has 2 aromatic carbocycles. The zero-order chi connectivity index (χ0) is 23.1. The van der Waals surface area contributed by atoms with Crippen molar-refractivity contribution in [3.05, 3.63) is 88.2 Å². The van der Waals surface area contributed by atoms with Gasteiger partial charge in [0.2, 0.25) is 0 Å². The van der Waals surface area contributed by atoms with E-state index in [1.807, 2.05) is 18.0 Å². The number of ketones is 1. The first-order chi connectivity index (χ1) is 16.0. The fraction of sp³-hybridized carbons (Fsp3) is 0.160. The van der Waals surface area contributed by atoms with Gasteiger partial charge in [0.25, 0.3) is 11.7 Å². The van der Waals surface area contributed by atoms with Crippen molar-refractivity contribution in [1.82, 2.24) is 4.98 Å². The number of hydrogen-bond acceptors (Lipinski definition) is 6. The molecule has 0 aliphatic carbocycles. The third-order valence-corrected chi connectivity index (χ3v) is 6.37. The molecule has 2 aliphatic rings. The highest BCUT2D eigenvalue weighted by molar-refractivity contribution is 9.10. The summed E-state index contributed by atoms with van der Waals surface area (Å²) in [6, 6.07) is 15.1. The number of nitrogens with zero attached hydrogens (tertiary/aromatic N) is 3. The first-order valence-electron chi connectivity index (χ1n) is 10.4. The summed E-state index contributed by atoms with van der Waals surface area (Å²) < 4.78 is 6.46. The number of hydrogen-bond donors (Lipinski definition) is 1. The van der Waals surface area contributed by atoms with E-state index in [0.717, 1.165) is 10.2 Å². The summed E-state index contributed by atoms with van der Waals surface area (Å²) in [6.07, 6.45) is 3.20. The molecule has 1 saturated heterocycles. The van der Waals surface area contributed by atoms with Crippen molar-refractivity contribution in [2.45, 2.75) is 6.04 Å². The number of aromatic nitrogens is 1. The maximum absolute atomic E-state index is 13.3. The average Bonchev–Trinajstić information content (AvgIpc) is 3.10. The summed E-state index contributed by atoms with van der Waals surface area (Å²) in [5, 5.41) is 11.3. The van der Waals surface area contributed by atoms with Crippen molar-refractivity contribution in [2.24, 2.45) is 0 Å². The number of aliphatic hydroxyl groups is 1. The number of rotatable bonds is 3. The SMILES string of the molecule is CN1CCOc2ccc(/C(O)=C3/C(=O)C(=O)N(c4cccc(Br)c4)C3c3ccncc3)cc21. The Labute approximate surface area is 199 Å². The van der Waals surface area contributed by atoms with Crippen LogP contribution >= 0.6 is 15.9 Å². The zero-order valence-electron chi connectivity index (χ0n) is 17.7. The van der Waals surface area contributed by atoms with Crippen LogP contribution in [-0.2, 0) is 9.59 Å². The van der Waals surface area contributed by atoms with E-state index in [1.165, 1.54) is 4.90 Å². The first-order valence-corrected chi connectivity index (χ1v) is 11.2. The number of likely N-dealkylation sites (N-methyl/N-ethyl adjacent to an activating group) is 1. The van der Waals surface area contributed by atoms with Crippen molar-refractivity contribution in [1.29, 1.82) is 0 Å². The van der Waals surface area contributed by atoms with Crippen molar-refractivity contribution < 1.29 is 19.4 Å². The Balaban J connectivity index is 1.70. The van der Waals surface area contributed by atoms with Crippen LogP contribution in [0, 0.1) is 0 Å². The van der Waals surface area contributed by atoms with Gasteiger partial charge in [-0.3, -0.25) is 19.5 Å². The van der Waals surface area contributed by atoms with E-state index in [-0.39, 0.29) is 11.3 Å². The van der Waals surface area contributed by atoms with Crippen molar-refractivity contribution in [3.63, 3.8) is 0 Å². The van der Waals surface area contributed by atoms with Gasteiger partial charge in [0, 0.05) is 35.2 Å². The van der Waals surface area contributed by atoms with E-state index in [2.05, 4.69) is 20.9 Å². The molecule has 33 heavy (non-hydrogen) atoms. The van der Waals surface area contributed by atoms with Crippen LogP contribution in [0.5, 0.6) is 5.75 Å². The molecule has 1 atom stereocenters. The first kappa shape index (κ1) is 21.2. The molecule has 8 heteroatoms. The van der Waals surface area contributed by atoms with Crippen LogP contribution in [0.15, 0.2) is 77.0 Å². The van der Waals surface area contributed by atoms with E-state index in [1.54, 1.807) is 60.9 Å². The van der Waals surface area contributed by atoms with Gasteiger partial charge in [-0.25, -0.2) is 0 Å². The summed E-state index contributed by atoms with van der Waals surface area (Å²) >= 11 is 3.43. The zero-order valence-corrected chi connectivity index (χ0v) is 19.3. The lowest BCUT2D eigenvalue weighted by Gasteiger charge is -2.28. The molecule has 1 fully saturated rings. The van der Waals surface area contributed by atoms with Crippen LogP contribution in [0.3, 0.4) is 0 Å². The molecule has 1 amide bonds. The van der Waals surface area contributed by atoms with Crippen LogP contribution in [0.4, 0.5) is 11.4 Å². The van der Waals surface area contributed by atoms with Crippen LogP contribution in [0.2, 0.25) is 0 Å². The van der Waals surface area contributed by atoms with E-state index >= 15 is 0 Å². The number of ether oxygens (including phenoxy) is 1. The minimum absolute atomic E-state index is 0.0329. The predicted octanol–water partition coefficient (Wildman–Crippen LogP) is 4.30. The second-order valence-corrected chi connectivity index (χ2v) is 8.80. The second-order valence-electron chi connectivity index (χ2n) is 7.88. The summed E-state index contributed by atoms with van der Waals surface area (Å²) in [5.74, 6) is -0.957. The van der Waals surface area contributed by atoms with Gasteiger partial charge in [0.05, 0.1) is 23.8 Å². The fourth-order valence-electron chi connectivity index (χ4n) is 4.24. The lowest BCUT2D eigenvalue weighted by Crippen LogP contribution is -2.29. The number of pyridine rings is 1. The molecule has 0 radical (unpaired) electrons. The van der Waals surface area contributed by atoms with Gasteiger partial charge in [-0.05, 0) is 54.1 Å². The van der Waals surface area contributed by atoms with E-state index < -0.39 is 17.7 Å². The van der Waals surface area contributed by atoms with Crippen LogP contribution in [-0.4, -0.2) is 42.0 Å². The minimum atomic E-state index is -0.799. The number of fused-ring (bicyclic) bond motifs is 1. The number of benzene rings is 2. The molecule has 7 nitrogen and oxygen atoms in total. The Bertz CT molecular complexity index is 1290. The molecular formula is C25H20BrN3O4. The molecule has 5 rings (SSSR count). The lowest BCUT2D eigenvalue weighted by atomic mass is 9.95. The smallest absolute Gasteiger partial charge is 0.300 e. The van der Waals surface area contributed by atoms with Gasteiger partial charge in [-0.15, -0.1) is 0 Å². The third kappa shape index (κ3) is 3.66. The average molecular weight is 506 g/mol. The number of carbonyl (C=O) groups is 2. The molecule has 3 aromatic rings. The Kier molecular flexibility index (Phi) is 5.38. The summed E-state index contributed by atoms with van der Waals surface area (Å²) in [5.41, 5.74) is 2.50. The quantitative estimate of drug-likeness (QED) is 0.324. The number of aliphatic hydroxyl groups excluding tert-OH is 1. The normalized spacial score (nSPS) is 19.4. The van der Waals surface area contributed by atoms with Crippen molar-refractivity contribution >= 4 is 44.8 Å². The topological polar surface area (TPSA) is 83.0 Å². The molecule has 2 aliphatic heterocycles. The molecule has 0 spiro atoms. The van der Waals surface area contributed by atoms with Crippen LogP contribution in [0.1, 0.15) is 17.2 Å². The van der Waals surface area contributed by atoms with Gasteiger partial charge >= 0.3 is 0 Å². The maximum Gasteiger partial charge on any atom is 0.300 e. The number of anilines is 2. The van der Waals surface area contributed by atoms with Gasteiger partial charge < -0.3 is 14.7 Å². The molecule has 166 valence electrons. The summed E-state index contributed by atoms with van der Waals surface area (Å²) in [6.45, 7) is 1.29. The van der Waals surface area contributed by atoms with Gasteiger partial charge in [0.15, 0.2) is 0 Å². The Morgan fingerprint density at radius 3 is 2.67 bits per heavy atom. The molecule has 0 bridgehead atoms. The second kappa shape index (κ2) is 8.37. The Hall–Kier alpha value is -3.65. The van der Waals surface area contributed by atoms with Crippen LogP contribution in [0.25, 0.3) is 5.76 Å². The largest absolute Gasteiger partial charge is 0.507 e. The third-order valence-electron chi connectivity index (χ3n) is 5.88. The predicted molar refractivity (Wildman–Crippen MR) is 128 cm³/mol. The number of amides is 1. The van der Waals surface area contributed by atoms with Gasteiger partial charge in [0.1, 0.15) is 18.1 Å². The molecule has 1 N–H and O–H groups in total. The molecule has 1 unspecified atom stereocenters. The van der Waals surface area contributed by atoms with Gasteiger partial charge in [-0.2, -0.15) is 0 Å². The Morgan fingerprint density at radius 2 is 1.91 bits per heavy atom. The summed E-state index contributed by atoms with van der Waals surface area (Å²) in [7, 11) is 1.94. The van der Waals surface area contributed by atoms with Crippen LogP contribution < -0.4 is 14.5 Å². The number of carbonyl (C=O) groups excluding carboxylic acids is 2. The minimum Gasteiger partial charge on any atom is -0.507 e. The monoisotopic (exact) mass is 505 g/mol. The highest BCUT2D eigenvalue weighted by atomic mass is 79.9. The molecule has 1 aromatic heterocycles. The highest BCUT2D eigenvalue weighted by Crippen LogP contribution is 2.43. The summed E-state index contributed by atoms with van der Waals surface area (Å²) in [4.78, 5) is 34.0. The van der Waals surface area contributed by atoms with E-state index in [9.17, 15) is 14.7 Å². The highest BCUT2D eigenvalue weighted by Gasteiger charge is 2.47. The standard InChI is InChI=1S/C25H20BrN3O4/c1-28-11-12-33-20-6-5-16(13-19(20)28)23(30)21-22(15-7-9-27-10-8-15)29(25(32)24(21)31)18-4-2-3-17(26)14-18/h2-10,13-14,22,30H,11-12H2,1H3/b23-21-. The van der Waals surface area contributed by atoms with E-state index in [0.29, 0.717) is 35.7 Å². The van der Waals surface area contributed by atoms with Crippen molar-refractivity contribution in [3.8, 4) is 5.75 Å². The Morgan fingerprint density at radius 1 is 1.12 bits per heavy atom. The molecule has 3 heterocycles. The number of halogens is 1. The molecular weight excluding hydrogens is 486 g/mol. The van der Waals surface area contributed by atoms with E-state index in [4.69, 9.17) is 4.74 Å². The number of Topliss-reactive ketones (excluding diaryl/α,β-unsaturated/α-hetero) is 1. The lowest BCUT2D eigenvalue weighted by molar-refractivity contribution is -0.132. The van der Waals surface area contributed by atoms with Crippen molar-refractivity contribution in [2.75, 3.05) is 30.0 Å². The fourth-order valence-corrected chi connectivity index (χ4v) is 4.63. The van der Waals surface area contributed by atoms with Gasteiger partial charge in [-0.1, -0.05) is 22.0 Å².